The van der Waals surface area contributed by atoms with E-state index >= 15 is 0 Å². The molecule has 1 amide bonds. The predicted octanol–water partition coefficient (Wildman–Crippen LogP) is 3.53. The van der Waals surface area contributed by atoms with E-state index in [0.29, 0.717) is 12.5 Å². The Morgan fingerprint density at radius 2 is 1.79 bits per heavy atom. The Hall–Kier alpha value is -4.86. The Labute approximate surface area is 220 Å². The third kappa shape index (κ3) is 4.88. The van der Waals surface area contributed by atoms with Crippen molar-refractivity contribution in [2.24, 2.45) is 0 Å². The molecule has 1 saturated heterocycles. The number of amides is 1. The molecule has 0 saturated carbocycles. The molecule has 1 aliphatic heterocycles. The molecule has 5 aromatic rings. The van der Waals surface area contributed by atoms with Gasteiger partial charge in [0.15, 0.2) is 0 Å². The molecule has 6 heterocycles. The summed E-state index contributed by atoms with van der Waals surface area (Å²) in [5, 5.41) is 3.29. The zero-order chi connectivity index (χ0) is 25.9. The van der Waals surface area contributed by atoms with Crippen molar-refractivity contribution in [2.75, 3.05) is 36.4 Å². The fourth-order valence-corrected chi connectivity index (χ4v) is 4.62. The van der Waals surface area contributed by atoms with Crippen LogP contribution in [0.1, 0.15) is 12.6 Å². The van der Waals surface area contributed by atoms with E-state index in [1.807, 2.05) is 64.3 Å². The maximum Gasteiger partial charge on any atom is 0.223 e. The largest absolute Gasteiger partial charge is 0.367 e. The molecule has 0 spiro atoms. The molecule has 0 unspecified atom stereocenters. The van der Waals surface area contributed by atoms with Gasteiger partial charge in [-0.1, -0.05) is 6.07 Å². The van der Waals surface area contributed by atoms with Crippen LogP contribution in [0.5, 0.6) is 0 Å². The Kier molecular flexibility index (Phi) is 6.35. The molecule has 0 atom stereocenters. The molecule has 190 valence electrons. The molecule has 0 bridgehead atoms. The van der Waals surface area contributed by atoms with Gasteiger partial charge in [0.2, 0.25) is 11.9 Å². The van der Waals surface area contributed by atoms with Crippen LogP contribution in [0.3, 0.4) is 0 Å². The van der Waals surface area contributed by atoms with Crippen LogP contribution < -0.4 is 10.2 Å². The van der Waals surface area contributed by atoms with E-state index < -0.39 is 0 Å². The van der Waals surface area contributed by atoms with Crippen molar-refractivity contribution < 1.29 is 4.79 Å². The number of aromatic nitrogens is 6. The molecule has 6 rings (SSSR count). The number of pyridine rings is 3. The number of fused-ring (bicyclic) bond motifs is 1. The molecule has 0 aliphatic carbocycles. The third-order valence-corrected chi connectivity index (χ3v) is 6.75. The molecule has 1 aliphatic rings. The van der Waals surface area contributed by atoms with Gasteiger partial charge in [0.1, 0.15) is 5.65 Å². The zero-order valence-electron chi connectivity index (χ0n) is 21.0. The number of rotatable bonds is 6. The first-order valence-corrected chi connectivity index (χ1v) is 12.5. The van der Waals surface area contributed by atoms with Crippen LogP contribution in [0.25, 0.3) is 28.2 Å². The van der Waals surface area contributed by atoms with Crippen LogP contribution >= 0.6 is 0 Å². The van der Waals surface area contributed by atoms with Gasteiger partial charge < -0.3 is 15.1 Å². The molecule has 10 heteroatoms. The Morgan fingerprint density at radius 1 is 0.895 bits per heavy atom. The smallest absolute Gasteiger partial charge is 0.223 e. The minimum atomic E-state index is 0.131. The fraction of sp³-hybridized carbons (Fsp3) is 0.214. The van der Waals surface area contributed by atoms with E-state index in [1.54, 1.807) is 19.3 Å². The number of nitrogens with zero attached hydrogens (tertiary/aromatic N) is 8. The third-order valence-electron chi connectivity index (χ3n) is 6.75. The molecule has 1 fully saturated rings. The highest BCUT2D eigenvalue weighted by molar-refractivity contribution is 5.73. The first kappa shape index (κ1) is 23.5. The summed E-state index contributed by atoms with van der Waals surface area (Å²) in [6, 6.07) is 14.0. The summed E-state index contributed by atoms with van der Waals surface area (Å²) >= 11 is 0. The van der Waals surface area contributed by atoms with Gasteiger partial charge in [0.25, 0.3) is 0 Å². The summed E-state index contributed by atoms with van der Waals surface area (Å²) < 4.78 is 2.03. The van der Waals surface area contributed by atoms with Crippen molar-refractivity contribution in [1.29, 1.82) is 0 Å². The Morgan fingerprint density at radius 3 is 2.55 bits per heavy atom. The highest BCUT2D eigenvalue weighted by Crippen LogP contribution is 2.24. The van der Waals surface area contributed by atoms with Crippen molar-refractivity contribution in [3.05, 3.63) is 85.3 Å². The number of carbonyl (C=O) groups is 1. The quantitative estimate of drug-likeness (QED) is 0.374. The van der Waals surface area contributed by atoms with Crippen LogP contribution in [0, 0.1) is 0 Å². The van der Waals surface area contributed by atoms with Crippen LogP contribution in [0.4, 0.5) is 11.6 Å². The van der Waals surface area contributed by atoms with Gasteiger partial charge in [-0.3, -0.25) is 19.2 Å². The van der Waals surface area contributed by atoms with Gasteiger partial charge in [-0.05, 0) is 36.4 Å². The molecular weight excluding hydrogens is 478 g/mol. The SMILES string of the molecule is CC(=O)N1CCN(c2ccc(CNc3nccc(-c4cnc5ccc(-c6cccnc6)cn45)n3)nc2)CC1. The van der Waals surface area contributed by atoms with E-state index in [4.69, 9.17) is 4.98 Å². The van der Waals surface area contributed by atoms with Crippen molar-refractivity contribution >= 4 is 23.2 Å². The Bertz CT molecular complexity index is 1560. The molecule has 0 radical (unpaired) electrons. The van der Waals surface area contributed by atoms with E-state index in [9.17, 15) is 4.79 Å². The maximum atomic E-state index is 11.6. The summed E-state index contributed by atoms with van der Waals surface area (Å²) in [6.45, 7) is 5.22. The topological polar surface area (TPSA) is 104 Å². The van der Waals surface area contributed by atoms with Gasteiger partial charge >= 0.3 is 0 Å². The molecular formula is C28H27N9O. The van der Waals surface area contributed by atoms with Crippen molar-refractivity contribution in [3.8, 4) is 22.5 Å². The summed E-state index contributed by atoms with van der Waals surface area (Å²) in [5.74, 6) is 0.651. The first-order chi connectivity index (χ1) is 18.6. The first-order valence-electron chi connectivity index (χ1n) is 12.5. The molecule has 1 N–H and O–H groups in total. The predicted molar refractivity (Wildman–Crippen MR) is 145 cm³/mol. The number of piperazine rings is 1. The van der Waals surface area contributed by atoms with Gasteiger partial charge in [0.05, 0.1) is 41.7 Å². The molecule has 0 aromatic carbocycles. The minimum Gasteiger partial charge on any atom is -0.367 e. The van der Waals surface area contributed by atoms with Crippen molar-refractivity contribution in [2.45, 2.75) is 13.5 Å². The van der Waals surface area contributed by atoms with Crippen molar-refractivity contribution in [1.82, 2.24) is 34.2 Å². The summed E-state index contributed by atoms with van der Waals surface area (Å²) in [6.07, 6.45) is 11.1. The second-order valence-electron chi connectivity index (χ2n) is 9.15. The summed E-state index contributed by atoms with van der Waals surface area (Å²) in [7, 11) is 0. The fourth-order valence-electron chi connectivity index (χ4n) is 4.62. The molecule has 38 heavy (non-hydrogen) atoms. The maximum absolute atomic E-state index is 11.6. The highest BCUT2D eigenvalue weighted by atomic mass is 16.2. The second-order valence-corrected chi connectivity index (χ2v) is 9.15. The van der Waals surface area contributed by atoms with E-state index in [1.165, 1.54) is 0 Å². The lowest BCUT2D eigenvalue weighted by atomic mass is 10.1. The number of anilines is 2. The molecule has 10 nitrogen and oxygen atoms in total. The average Bonchev–Trinajstić information content (AvgIpc) is 3.40. The summed E-state index contributed by atoms with van der Waals surface area (Å²) in [5.41, 5.74) is 6.53. The van der Waals surface area contributed by atoms with Gasteiger partial charge in [-0.25, -0.2) is 15.0 Å². The number of imidazole rings is 1. The van der Waals surface area contributed by atoms with Crippen LogP contribution in [0.2, 0.25) is 0 Å². The van der Waals surface area contributed by atoms with Gasteiger partial charge in [0, 0.05) is 69.0 Å². The highest BCUT2D eigenvalue weighted by Gasteiger charge is 2.19. The zero-order valence-corrected chi connectivity index (χ0v) is 21.0. The van der Waals surface area contributed by atoms with Crippen molar-refractivity contribution in [3.63, 3.8) is 0 Å². The van der Waals surface area contributed by atoms with E-state index in [2.05, 4.69) is 42.4 Å². The summed E-state index contributed by atoms with van der Waals surface area (Å²) in [4.78, 5) is 38.2. The Balaban J connectivity index is 1.14. The average molecular weight is 506 g/mol. The van der Waals surface area contributed by atoms with E-state index in [-0.39, 0.29) is 5.91 Å². The van der Waals surface area contributed by atoms with Gasteiger partial charge in [-0.15, -0.1) is 0 Å². The van der Waals surface area contributed by atoms with Crippen LogP contribution in [-0.2, 0) is 11.3 Å². The number of hydrogen-bond donors (Lipinski definition) is 1. The lowest BCUT2D eigenvalue weighted by Gasteiger charge is -2.35. The van der Waals surface area contributed by atoms with E-state index in [0.717, 1.165) is 65.7 Å². The standard InChI is InChI=1S/C28H27N9O/c1-20(38)35-11-13-36(14-12-35)24-6-5-23(31-17-24)16-33-28-30-10-8-25(34-28)26-18-32-27-7-4-22(19-37(26)27)21-3-2-9-29-15-21/h2-10,15,17-19H,11-14,16H2,1H3,(H,30,33,34). The normalized spacial score (nSPS) is 13.6. The number of hydrogen-bond acceptors (Lipinski definition) is 8. The lowest BCUT2D eigenvalue weighted by molar-refractivity contribution is -0.129. The number of nitrogens with one attached hydrogen (secondary N) is 1. The molecule has 5 aromatic heterocycles. The minimum absolute atomic E-state index is 0.131. The monoisotopic (exact) mass is 505 g/mol. The van der Waals surface area contributed by atoms with Gasteiger partial charge in [-0.2, -0.15) is 0 Å². The van der Waals surface area contributed by atoms with Crippen LogP contribution in [0.15, 0.2) is 79.6 Å². The number of carbonyl (C=O) groups excluding carboxylic acids is 1. The van der Waals surface area contributed by atoms with Crippen LogP contribution in [-0.4, -0.2) is 66.3 Å². The lowest BCUT2D eigenvalue weighted by Crippen LogP contribution is -2.48. The second kappa shape index (κ2) is 10.3.